The van der Waals surface area contributed by atoms with Crippen molar-refractivity contribution in [2.75, 3.05) is 11.1 Å². The molecule has 0 amide bonds. The lowest BCUT2D eigenvalue weighted by atomic mass is 10.2. The van der Waals surface area contributed by atoms with Gasteiger partial charge in [0.25, 0.3) is 10.1 Å². The van der Waals surface area contributed by atoms with Gasteiger partial charge in [-0.1, -0.05) is 33.7 Å². The summed E-state index contributed by atoms with van der Waals surface area (Å²) in [6, 6.07) is 5.69. The summed E-state index contributed by atoms with van der Waals surface area (Å²) in [6.07, 6.45) is 5.91. The van der Waals surface area contributed by atoms with E-state index in [1.165, 1.54) is 30.4 Å². The van der Waals surface area contributed by atoms with E-state index < -0.39 is 16.3 Å². The van der Waals surface area contributed by atoms with Gasteiger partial charge in [0.15, 0.2) is 0 Å². The minimum atomic E-state index is -4.24. The Balaban J connectivity index is 1.82. The number of allylic oxidation sites excluding steroid dienone is 1. The first-order chi connectivity index (χ1) is 10.4. The number of rotatable bonds is 7. The Morgan fingerprint density at radius 3 is 2.95 bits per heavy atom. The highest BCUT2D eigenvalue weighted by atomic mass is 33.1. The van der Waals surface area contributed by atoms with Gasteiger partial charge in [-0.25, -0.2) is 0 Å². The van der Waals surface area contributed by atoms with E-state index in [0.717, 1.165) is 12.8 Å². The van der Waals surface area contributed by atoms with Crippen LogP contribution in [0.25, 0.3) is 0 Å². The first-order valence-electron chi connectivity index (χ1n) is 6.92. The van der Waals surface area contributed by atoms with E-state index in [-0.39, 0.29) is 4.90 Å². The van der Waals surface area contributed by atoms with Crippen LogP contribution in [0.2, 0.25) is 0 Å². The predicted octanol–water partition coefficient (Wildman–Crippen LogP) is 3.15. The number of aliphatic hydroxyl groups excluding tert-OH is 1. The second kappa shape index (κ2) is 8.26. The molecule has 22 heavy (non-hydrogen) atoms. The third-order valence-electron chi connectivity index (χ3n) is 3.15. The number of aliphatic hydroxyl groups is 1. The number of hydrogen-bond acceptors (Lipinski definition) is 6. The number of anilines is 1. The SMILES string of the molecule is O=S(=O)(O)c1cccc(NC(O)/C=C/CC[C@@H]2CCSS2)c1. The van der Waals surface area contributed by atoms with Crippen LogP contribution in [0, 0.1) is 0 Å². The highest BCUT2D eigenvalue weighted by Gasteiger charge is 2.15. The van der Waals surface area contributed by atoms with E-state index in [0.29, 0.717) is 10.9 Å². The van der Waals surface area contributed by atoms with Crippen molar-refractivity contribution in [3.8, 4) is 0 Å². The minimum Gasteiger partial charge on any atom is -0.370 e. The summed E-state index contributed by atoms with van der Waals surface area (Å²) in [6.45, 7) is 0. The Labute approximate surface area is 138 Å². The van der Waals surface area contributed by atoms with Crippen LogP contribution in [-0.4, -0.2) is 35.3 Å². The van der Waals surface area contributed by atoms with Gasteiger partial charge in [0, 0.05) is 16.7 Å². The van der Waals surface area contributed by atoms with E-state index in [4.69, 9.17) is 4.55 Å². The summed E-state index contributed by atoms with van der Waals surface area (Å²) in [5, 5.41) is 13.3. The van der Waals surface area contributed by atoms with Crippen LogP contribution in [0.1, 0.15) is 19.3 Å². The van der Waals surface area contributed by atoms with Crippen LogP contribution in [0.15, 0.2) is 41.3 Å². The molecule has 0 saturated carbocycles. The molecule has 0 aliphatic carbocycles. The highest BCUT2D eigenvalue weighted by molar-refractivity contribution is 8.77. The van der Waals surface area contributed by atoms with Crippen molar-refractivity contribution in [1.82, 2.24) is 0 Å². The topological polar surface area (TPSA) is 86.6 Å². The van der Waals surface area contributed by atoms with Gasteiger partial charge < -0.3 is 10.4 Å². The fraction of sp³-hybridized carbons (Fsp3) is 0.429. The molecule has 5 nitrogen and oxygen atoms in total. The molecule has 1 aliphatic heterocycles. The van der Waals surface area contributed by atoms with Crippen LogP contribution in [0.5, 0.6) is 0 Å². The Morgan fingerprint density at radius 2 is 2.27 bits per heavy atom. The molecule has 0 radical (unpaired) electrons. The Hall–Kier alpha value is -0.670. The summed E-state index contributed by atoms with van der Waals surface area (Å²) in [5.74, 6) is 1.22. The molecule has 1 unspecified atom stereocenters. The van der Waals surface area contributed by atoms with Gasteiger partial charge in [-0.2, -0.15) is 8.42 Å². The molecule has 8 heteroatoms. The third kappa shape index (κ3) is 5.85. The lowest BCUT2D eigenvalue weighted by Gasteiger charge is -2.11. The summed E-state index contributed by atoms with van der Waals surface area (Å²) >= 11 is 0. The predicted molar refractivity (Wildman–Crippen MR) is 92.7 cm³/mol. The molecule has 122 valence electrons. The molecule has 0 aromatic heterocycles. The van der Waals surface area contributed by atoms with Gasteiger partial charge in [-0.05, 0) is 43.5 Å². The molecule has 2 atom stereocenters. The maximum absolute atomic E-state index is 11.1. The molecule has 3 N–H and O–H groups in total. The summed E-state index contributed by atoms with van der Waals surface area (Å²) in [5.41, 5.74) is 0.426. The third-order valence-corrected chi connectivity index (χ3v) is 7.00. The zero-order valence-electron chi connectivity index (χ0n) is 11.9. The maximum atomic E-state index is 11.1. The minimum absolute atomic E-state index is 0.204. The largest absolute Gasteiger partial charge is 0.370 e. The van der Waals surface area contributed by atoms with Crippen LogP contribution < -0.4 is 5.32 Å². The van der Waals surface area contributed by atoms with E-state index in [1.807, 2.05) is 27.7 Å². The molecular weight excluding hydrogens is 342 g/mol. The zero-order chi connectivity index (χ0) is 16.0. The van der Waals surface area contributed by atoms with Crippen LogP contribution in [-0.2, 0) is 10.1 Å². The van der Waals surface area contributed by atoms with Crippen LogP contribution in [0.4, 0.5) is 5.69 Å². The Kier molecular flexibility index (Phi) is 6.64. The molecule has 0 spiro atoms. The molecule has 1 aromatic carbocycles. The van der Waals surface area contributed by atoms with E-state index in [2.05, 4.69) is 5.32 Å². The smallest absolute Gasteiger partial charge is 0.294 e. The van der Waals surface area contributed by atoms with Crippen molar-refractivity contribution in [2.45, 2.75) is 35.6 Å². The first kappa shape index (κ1) is 17.7. The molecule has 1 fully saturated rings. The molecule has 1 aliphatic rings. The van der Waals surface area contributed by atoms with Gasteiger partial charge >= 0.3 is 0 Å². The lowest BCUT2D eigenvalue weighted by Crippen LogP contribution is -2.15. The van der Waals surface area contributed by atoms with Gasteiger partial charge in [0.05, 0.1) is 4.90 Å². The lowest BCUT2D eigenvalue weighted by molar-refractivity contribution is 0.252. The number of benzene rings is 1. The van der Waals surface area contributed by atoms with Gasteiger partial charge in [0.2, 0.25) is 0 Å². The normalized spacial score (nSPS) is 20.4. The van der Waals surface area contributed by atoms with Crippen molar-refractivity contribution in [3.05, 3.63) is 36.4 Å². The quantitative estimate of drug-likeness (QED) is 0.298. The van der Waals surface area contributed by atoms with Gasteiger partial charge in [0.1, 0.15) is 6.23 Å². The van der Waals surface area contributed by atoms with Crippen molar-refractivity contribution < 1.29 is 18.1 Å². The summed E-state index contributed by atoms with van der Waals surface area (Å²) < 4.78 is 31.1. The van der Waals surface area contributed by atoms with Crippen LogP contribution >= 0.6 is 21.6 Å². The molecular formula is C14H19NO4S3. The van der Waals surface area contributed by atoms with E-state index >= 15 is 0 Å². The first-order valence-corrected chi connectivity index (χ1v) is 10.7. The number of nitrogens with one attached hydrogen (secondary N) is 1. The second-order valence-electron chi connectivity index (χ2n) is 4.93. The second-order valence-corrected chi connectivity index (χ2v) is 9.14. The van der Waals surface area contributed by atoms with Crippen LogP contribution in [0.3, 0.4) is 0 Å². The highest BCUT2D eigenvalue weighted by Crippen LogP contribution is 2.39. The molecule has 1 heterocycles. The van der Waals surface area contributed by atoms with Crippen molar-refractivity contribution in [1.29, 1.82) is 0 Å². The Bertz CT molecular complexity index is 612. The van der Waals surface area contributed by atoms with Crippen molar-refractivity contribution in [3.63, 3.8) is 0 Å². The Morgan fingerprint density at radius 1 is 1.45 bits per heavy atom. The summed E-state index contributed by atoms with van der Waals surface area (Å²) in [4.78, 5) is -0.204. The monoisotopic (exact) mass is 361 g/mol. The summed E-state index contributed by atoms with van der Waals surface area (Å²) in [7, 11) is -0.391. The molecule has 0 bridgehead atoms. The van der Waals surface area contributed by atoms with E-state index in [1.54, 1.807) is 12.1 Å². The molecule has 1 saturated heterocycles. The fourth-order valence-corrected chi connectivity index (χ4v) is 5.56. The number of hydrogen-bond donors (Lipinski definition) is 3. The van der Waals surface area contributed by atoms with E-state index in [9.17, 15) is 13.5 Å². The van der Waals surface area contributed by atoms with Crippen molar-refractivity contribution in [2.24, 2.45) is 0 Å². The maximum Gasteiger partial charge on any atom is 0.294 e. The fourth-order valence-electron chi connectivity index (χ4n) is 2.04. The van der Waals surface area contributed by atoms with Gasteiger partial charge in [-0.3, -0.25) is 4.55 Å². The standard InChI is InChI=1S/C14H19NO4S3/c16-14(7-2-1-5-12-8-9-20-21-12)15-11-4-3-6-13(10-11)22(17,18)19/h2-4,6-7,10,12,14-16H,1,5,8-9H2,(H,17,18,19)/b7-2+/t12-,14?/m1/s1. The van der Waals surface area contributed by atoms with Crippen molar-refractivity contribution >= 4 is 37.4 Å². The molecule has 1 aromatic rings. The van der Waals surface area contributed by atoms with Gasteiger partial charge in [-0.15, -0.1) is 0 Å². The zero-order valence-corrected chi connectivity index (χ0v) is 14.3. The average molecular weight is 362 g/mol. The average Bonchev–Trinajstić information content (AvgIpc) is 2.96. The molecule has 2 rings (SSSR count).